The van der Waals surface area contributed by atoms with Crippen LogP contribution < -0.4 is 0 Å². The number of aryl methyl sites for hydroxylation is 1. The van der Waals surface area contributed by atoms with Crippen molar-refractivity contribution in [3.63, 3.8) is 0 Å². The van der Waals surface area contributed by atoms with E-state index in [1.54, 1.807) is 12.1 Å². The third-order valence-corrected chi connectivity index (χ3v) is 6.44. The predicted molar refractivity (Wildman–Crippen MR) is 118 cm³/mol. The van der Waals surface area contributed by atoms with Gasteiger partial charge in [-0.25, -0.2) is 0 Å². The lowest BCUT2D eigenvalue weighted by atomic mass is 9.95. The van der Waals surface area contributed by atoms with Crippen molar-refractivity contribution < 1.29 is 5.11 Å². The van der Waals surface area contributed by atoms with Gasteiger partial charge in [-0.05, 0) is 57.1 Å². The first-order chi connectivity index (χ1) is 13.3. The zero-order valence-corrected chi connectivity index (χ0v) is 18.1. The van der Waals surface area contributed by atoms with Crippen molar-refractivity contribution in [2.45, 2.75) is 38.8 Å². The van der Waals surface area contributed by atoms with Crippen molar-refractivity contribution in [2.75, 3.05) is 20.1 Å². The third kappa shape index (κ3) is 3.57. The first-order valence-electron chi connectivity index (χ1n) is 9.73. The van der Waals surface area contributed by atoms with Crippen LogP contribution in [0.4, 0.5) is 0 Å². The molecule has 4 rings (SSSR count). The standard InChI is InChI=1S/C23H26Cl2N2O/c1-15-4-7-21-18(12-15)17-8-10-26(3)11-9-22(17)27(21)14-23(2,28)19-6-5-16(24)13-20(19)25/h4-7,12-13,28H,8-11,14H2,1-3H3. The van der Waals surface area contributed by atoms with Crippen LogP contribution in [0.2, 0.25) is 10.0 Å². The summed E-state index contributed by atoms with van der Waals surface area (Å²) in [6.07, 6.45) is 2.01. The highest BCUT2D eigenvalue weighted by molar-refractivity contribution is 6.35. The van der Waals surface area contributed by atoms with Crippen LogP contribution >= 0.6 is 23.2 Å². The minimum atomic E-state index is -1.11. The van der Waals surface area contributed by atoms with Crippen molar-refractivity contribution in [1.82, 2.24) is 9.47 Å². The summed E-state index contributed by atoms with van der Waals surface area (Å²) >= 11 is 12.5. The van der Waals surface area contributed by atoms with E-state index in [1.165, 1.54) is 27.7 Å². The number of nitrogens with zero attached hydrogens (tertiary/aromatic N) is 2. The van der Waals surface area contributed by atoms with E-state index in [-0.39, 0.29) is 0 Å². The van der Waals surface area contributed by atoms with Gasteiger partial charge < -0.3 is 14.6 Å². The van der Waals surface area contributed by atoms with Crippen LogP contribution in [0.1, 0.15) is 29.3 Å². The maximum absolute atomic E-state index is 11.4. The van der Waals surface area contributed by atoms with Crippen molar-refractivity contribution in [1.29, 1.82) is 0 Å². The number of aromatic nitrogens is 1. The molecule has 1 N–H and O–H groups in total. The molecule has 0 aliphatic carbocycles. The highest BCUT2D eigenvalue weighted by Gasteiger charge is 2.30. The number of hydrogen-bond donors (Lipinski definition) is 1. The van der Waals surface area contributed by atoms with Crippen molar-refractivity contribution >= 4 is 34.1 Å². The Morgan fingerprint density at radius 1 is 1.07 bits per heavy atom. The van der Waals surface area contributed by atoms with Crippen molar-refractivity contribution in [3.05, 3.63) is 68.8 Å². The van der Waals surface area contributed by atoms with Crippen LogP contribution in [-0.2, 0) is 25.0 Å². The molecule has 1 aliphatic heterocycles. The van der Waals surface area contributed by atoms with Gasteiger partial charge in [-0.2, -0.15) is 0 Å². The zero-order valence-electron chi connectivity index (χ0n) is 16.6. The van der Waals surface area contributed by atoms with Crippen molar-refractivity contribution in [3.8, 4) is 0 Å². The topological polar surface area (TPSA) is 28.4 Å². The zero-order chi connectivity index (χ0) is 20.1. The Morgan fingerprint density at radius 3 is 2.57 bits per heavy atom. The number of halogens is 2. The Kier molecular flexibility index (Phi) is 5.22. The van der Waals surface area contributed by atoms with Gasteiger partial charge in [-0.1, -0.05) is 40.9 Å². The summed E-state index contributed by atoms with van der Waals surface area (Å²) < 4.78 is 2.30. The lowest BCUT2D eigenvalue weighted by molar-refractivity contribution is 0.0389. The normalized spacial score (nSPS) is 17.4. The molecule has 28 heavy (non-hydrogen) atoms. The number of rotatable bonds is 3. The fraction of sp³-hybridized carbons (Fsp3) is 0.391. The lowest BCUT2D eigenvalue weighted by Gasteiger charge is -2.27. The fourth-order valence-electron chi connectivity index (χ4n) is 4.37. The minimum Gasteiger partial charge on any atom is -0.384 e. The smallest absolute Gasteiger partial charge is 0.106 e. The van der Waals surface area contributed by atoms with E-state index in [9.17, 15) is 5.11 Å². The molecule has 0 amide bonds. The highest BCUT2D eigenvalue weighted by atomic mass is 35.5. The van der Waals surface area contributed by atoms with Gasteiger partial charge >= 0.3 is 0 Å². The van der Waals surface area contributed by atoms with Crippen LogP contribution in [0.5, 0.6) is 0 Å². The molecule has 2 heterocycles. The van der Waals surface area contributed by atoms with Gasteiger partial charge in [0, 0.05) is 51.7 Å². The number of hydrogen-bond acceptors (Lipinski definition) is 2. The molecular weight excluding hydrogens is 391 g/mol. The van der Waals surface area contributed by atoms with Gasteiger partial charge in [0.15, 0.2) is 0 Å². The van der Waals surface area contributed by atoms with Gasteiger partial charge in [0.1, 0.15) is 5.60 Å². The van der Waals surface area contributed by atoms with Gasteiger partial charge in [0.05, 0.1) is 6.54 Å². The minimum absolute atomic E-state index is 0.451. The largest absolute Gasteiger partial charge is 0.384 e. The molecule has 0 spiro atoms. The highest BCUT2D eigenvalue weighted by Crippen LogP contribution is 2.36. The molecule has 0 radical (unpaired) electrons. The van der Waals surface area contributed by atoms with E-state index < -0.39 is 5.60 Å². The Labute approximate surface area is 176 Å². The maximum Gasteiger partial charge on any atom is 0.106 e. The number of benzene rings is 2. The maximum atomic E-state index is 11.4. The third-order valence-electron chi connectivity index (χ3n) is 5.89. The average Bonchev–Trinajstić information content (AvgIpc) is 2.75. The molecular formula is C23H26Cl2N2O. The Hall–Kier alpha value is -1.52. The van der Waals surface area contributed by atoms with Gasteiger partial charge in [0.25, 0.3) is 0 Å². The molecule has 1 atom stereocenters. The van der Waals surface area contributed by atoms with Crippen LogP contribution in [0.3, 0.4) is 0 Å². The second-order valence-corrected chi connectivity index (χ2v) is 9.08. The second kappa shape index (κ2) is 7.38. The van der Waals surface area contributed by atoms with Crippen LogP contribution in [0.25, 0.3) is 10.9 Å². The summed E-state index contributed by atoms with van der Waals surface area (Å²) in [6.45, 7) is 6.49. The van der Waals surface area contributed by atoms with E-state index in [0.29, 0.717) is 22.2 Å². The molecule has 0 bridgehead atoms. The molecule has 1 aliphatic rings. The average molecular weight is 417 g/mol. The molecule has 1 aromatic heterocycles. The second-order valence-electron chi connectivity index (χ2n) is 8.23. The molecule has 0 saturated carbocycles. The molecule has 2 aromatic carbocycles. The van der Waals surface area contributed by atoms with Gasteiger partial charge in [-0.15, -0.1) is 0 Å². The molecule has 0 fully saturated rings. The van der Waals surface area contributed by atoms with Crippen molar-refractivity contribution in [2.24, 2.45) is 0 Å². The first-order valence-corrected chi connectivity index (χ1v) is 10.5. The molecule has 1 unspecified atom stereocenters. The number of fused-ring (bicyclic) bond motifs is 3. The lowest BCUT2D eigenvalue weighted by Crippen LogP contribution is -2.29. The van der Waals surface area contributed by atoms with E-state index in [4.69, 9.17) is 23.2 Å². The van der Waals surface area contributed by atoms with Crippen LogP contribution in [0.15, 0.2) is 36.4 Å². The Balaban J connectivity index is 1.84. The molecule has 3 nitrogen and oxygen atoms in total. The molecule has 148 valence electrons. The Bertz CT molecular complexity index is 1040. The number of likely N-dealkylation sites (N-methyl/N-ethyl adjacent to an activating group) is 1. The monoisotopic (exact) mass is 416 g/mol. The van der Waals surface area contributed by atoms with Crippen LogP contribution in [0, 0.1) is 6.92 Å². The SMILES string of the molecule is Cc1ccc2c(c1)c1c(n2CC(C)(O)c2ccc(Cl)cc2Cl)CCN(C)CC1. The summed E-state index contributed by atoms with van der Waals surface area (Å²) in [5, 5.41) is 13.8. The molecule has 5 heteroatoms. The van der Waals surface area contributed by atoms with E-state index >= 15 is 0 Å². The summed E-state index contributed by atoms with van der Waals surface area (Å²) in [6, 6.07) is 11.9. The number of aliphatic hydroxyl groups is 1. The summed E-state index contributed by atoms with van der Waals surface area (Å²) in [5.74, 6) is 0. The van der Waals surface area contributed by atoms with Gasteiger partial charge in [0.2, 0.25) is 0 Å². The predicted octanol–water partition coefficient (Wildman–Crippen LogP) is 5.19. The molecule has 3 aromatic rings. The summed E-state index contributed by atoms with van der Waals surface area (Å²) in [4.78, 5) is 2.38. The fourth-order valence-corrected chi connectivity index (χ4v) is 4.98. The quantitative estimate of drug-likeness (QED) is 0.635. The van der Waals surface area contributed by atoms with E-state index in [1.807, 2.05) is 13.0 Å². The first kappa shape index (κ1) is 19.8. The summed E-state index contributed by atoms with van der Waals surface area (Å²) in [7, 11) is 2.17. The Morgan fingerprint density at radius 2 is 1.82 bits per heavy atom. The van der Waals surface area contributed by atoms with E-state index in [0.717, 1.165) is 25.9 Å². The van der Waals surface area contributed by atoms with E-state index in [2.05, 4.69) is 41.6 Å². The molecule has 0 saturated heterocycles. The van der Waals surface area contributed by atoms with Gasteiger partial charge in [-0.3, -0.25) is 0 Å². The van der Waals surface area contributed by atoms with Crippen LogP contribution in [-0.4, -0.2) is 34.7 Å². The summed E-state index contributed by atoms with van der Waals surface area (Å²) in [5.41, 5.74) is 4.79.